The SMILES string of the molecule is CSc1ccc2c(c1)nc(N)n[n+]2[O-]. The van der Waals surface area contributed by atoms with E-state index in [-0.39, 0.29) is 5.95 Å². The fourth-order valence-electron chi connectivity index (χ4n) is 1.17. The third kappa shape index (κ3) is 1.44. The third-order valence-corrected chi connectivity index (χ3v) is 2.54. The van der Waals surface area contributed by atoms with Crippen LogP contribution in [0, 0.1) is 5.21 Å². The highest BCUT2D eigenvalue weighted by molar-refractivity contribution is 7.98. The average molecular weight is 208 g/mol. The van der Waals surface area contributed by atoms with E-state index in [1.54, 1.807) is 17.8 Å². The molecule has 6 heteroatoms. The van der Waals surface area contributed by atoms with Crippen LogP contribution in [0.1, 0.15) is 0 Å². The van der Waals surface area contributed by atoms with Gasteiger partial charge in [-0.15, -0.1) is 11.8 Å². The largest absolute Gasteiger partial charge is 0.594 e. The lowest BCUT2D eigenvalue weighted by atomic mass is 10.3. The average Bonchev–Trinajstić information content (AvgIpc) is 2.16. The summed E-state index contributed by atoms with van der Waals surface area (Å²) in [6.45, 7) is 0. The van der Waals surface area contributed by atoms with Crippen molar-refractivity contribution in [1.82, 2.24) is 10.1 Å². The van der Waals surface area contributed by atoms with Gasteiger partial charge in [0.25, 0.3) is 11.5 Å². The number of thioether (sulfide) groups is 1. The van der Waals surface area contributed by atoms with Crippen molar-refractivity contribution in [1.29, 1.82) is 0 Å². The molecule has 1 heterocycles. The molecule has 2 rings (SSSR count). The first-order chi connectivity index (χ1) is 6.70. The van der Waals surface area contributed by atoms with Crippen molar-refractivity contribution >= 4 is 28.7 Å². The van der Waals surface area contributed by atoms with E-state index in [0.717, 1.165) is 4.90 Å². The summed E-state index contributed by atoms with van der Waals surface area (Å²) >= 11 is 1.58. The van der Waals surface area contributed by atoms with E-state index in [9.17, 15) is 5.21 Å². The zero-order chi connectivity index (χ0) is 10.1. The van der Waals surface area contributed by atoms with Crippen LogP contribution in [0.3, 0.4) is 0 Å². The van der Waals surface area contributed by atoms with Crippen molar-refractivity contribution in [2.24, 2.45) is 0 Å². The van der Waals surface area contributed by atoms with Gasteiger partial charge in [0.1, 0.15) is 5.52 Å². The lowest BCUT2D eigenvalue weighted by molar-refractivity contribution is -0.641. The number of nitrogens with zero attached hydrogens (tertiary/aromatic N) is 3. The molecule has 0 saturated carbocycles. The number of hydrogen-bond acceptors (Lipinski definition) is 5. The molecule has 14 heavy (non-hydrogen) atoms. The number of hydrogen-bond donors (Lipinski definition) is 1. The minimum absolute atomic E-state index is 0.00856. The minimum Gasteiger partial charge on any atom is -0.594 e. The molecule has 0 bridgehead atoms. The van der Waals surface area contributed by atoms with E-state index in [1.165, 1.54) is 0 Å². The molecule has 0 aliphatic heterocycles. The maximum absolute atomic E-state index is 11.3. The van der Waals surface area contributed by atoms with Gasteiger partial charge in [0.05, 0.1) is 5.10 Å². The van der Waals surface area contributed by atoms with E-state index in [1.807, 2.05) is 18.4 Å². The van der Waals surface area contributed by atoms with E-state index in [0.29, 0.717) is 15.9 Å². The van der Waals surface area contributed by atoms with Crippen LogP contribution < -0.4 is 10.6 Å². The Morgan fingerprint density at radius 3 is 3.00 bits per heavy atom. The van der Waals surface area contributed by atoms with Gasteiger partial charge in [-0.3, -0.25) is 0 Å². The molecular weight excluding hydrogens is 200 g/mol. The second kappa shape index (κ2) is 3.30. The van der Waals surface area contributed by atoms with Crippen molar-refractivity contribution in [2.45, 2.75) is 4.90 Å². The molecule has 0 amide bonds. The Kier molecular flexibility index (Phi) is 2.12. The molecule has 2 N–H and O–H groups in total. The quantitative estimate of drug-likeness (QED) is 0.421. The van der Waals surface area contributed by atoms with Gasteiger partial charge in [-0.25, -0.2) is 4.98 Å². The van der Waals surface area contributed by atoms with Crippen molar-refractivity contribution in [3.05, 3.63) is 23.4 Å². The summed E-state index contributed by atoms with van der Waals surface area (Å²) in [4.78, 5) is 5.50. The summed E-state index contributed by atoms with van der Waals surface area (Å²) in [7, 11) is 0. The molecule has 0 fully saturated rings. The molecule has 0 saturated heterocycles. The summed E-state index contributed by atoms with van der Waals surface area (Å²) in [5.41, 5.74) is 6.36. The number of nitrogens with two attached hydrogens (primary N) is 1. The van der Waals surface area contributed by atoms with E-state index >= 15 is 0 Å². The number of aromatic nitrogens is 3. The molecular formula is C8H8N4OS. The molecule has 1 aromatic carbocycles. The normalized spacial score (nSPS) is 10.6. The van der Waals surface area contributed by atoms with Crippen LogP contribution in [0.2, 0.25) is 0 Å². The first-order valence-electron chi connectivity index (χ1n) is 3.92. The minimum atomic E-state index is -0.00856. The Morgan fingerprint density at radius 2 is 2.29 bits per heavy atom. The second-order valence-electron chi connectivity index (χ2n) is 2.70. The molecule has 2 aromatic rings. The summed E-state index contributed by atoms with van der Waals surface area (Å²) < 4.78 is 0. The summed E-state index contributed by atoms with van der Waals surface area (Å²) in [6, 6.07) is 5.35. The molecule has 0 atom stereocenters. The lowest BCUT2D eigenvalue weighted by Crippen LogP contribution is -2.33. The molecule has 0 unspecified atom stereocenters. The first-order valence-corrected chi connectivity index (χ1v) is 5.14. The highest BCUT2D eigenvalue weighted by atomic mass is 32.2. The Labute approximate surface area is 84.5 Å². The predicted molar refractivity (Wildman–Crippen MR) is 54.7 cm³/mol. The van der Waals surface area contributed by atoms with Crippen LogP contribution in [0.25, 0.3) is 11.0 Å². The number of rotatable bonds is 1. The van der Waals surface area contributed by atoms with Crippen molar-refractivity contribution in [3.63, 3.8) is 0 Å². The highest BCUT2D eigenvalue weighted by Crippen LogP contribution is 2.18. The fraction of sp³-hybridized carbons (Fsp3) is 0.125. The lowest BCUT2D eigenvalue weighted by Gasteiger charge is -2.00. The van der Waals surface area contributed by atoms with E-state index in [2.05, 4.69) is 10.1 Å². The fourth-order valence-corrected chi connectivity index (χ4v) is 1.61. The monoisotopic (exact) mass is 208 g/mol. The van der Waals surface area contributed by atoms with Crippen LogP contribution in [0.5, 0.6) is 0 Å². The smallest absolute Gasteiger partial charge is 0.288 e. The van der Waals surface area contributed by atoms with Crippen molar-refractivity contribution in [2.75, 3.05) is 12.0 Å². The highest BCUT2D eigenvalue weighted by Gasteiger charge is 2.08. The van der Waals surface area contributed by atoms with Crippen LogP contribution >= 0.6 is 11.8 Å². The number of benzene rings is 1. The molecule has 72 valence electrons. The Balaban J connectivity index is 2.75. The topological polar surface area (TPSA) is 78.7 Å². The standard InChI is InChI=1S/C8H8N4OS/c1-14-5-2-3-7-6(4-5)10-8(9)11-12(7)13/h2-4H,1H3,(H2,9,10,11). The zero-order valence-electron chi connectivity index (χ0n) is 7.47. The van der Waals surface area contributed by atoms with Crippen LogP contribution in [0.4, 0.5) is 5.95 Å². The van der Waals surface area contributed by atoms with Gasteiger partial charge in [0.2, 0.25) is 0 Å². The molecule has 0 spiro atoms. The number of nitrogen functional groups attached to an aromatic ring is 1. The maximum atomic E-state index is 11.3. The summed E-state index contributed by atoms with van der Waals surface area (Å²) in [5, 5.41) is 14.8. The van der Waals surface area contributed by atoms with Crippen LogP contribution in [0.15, 0.2) is 23.1 Å². The Morgan fingerprint density at radius 1 is 1.50 bits per heavy atom. The van der Waals surface area contributed by atoms with Crippen LogP contribution in [-0.2, 0) is 0 Å². The Hall–Kier alpha value is -1.56. The number of anilines is 1. The molecule has 1 aromatic heterocycles. The number of fused-ring (bicyclic) bond motifs is 1. The maximum Gasteiger partial charge on any atom is 0.288 e. The van der Waals surface area contributed by atoms with Gasteiger partial charge in [0.15, 0.2) is 0 Å². The van der Waals surface area contributed by atoms with Gasteiger partial charge < -0.3 is 10.9 Å². The van der Waals surface area contributed by atoms with Crippen LogP contribution in [-0.4, -0.2) is 16.3 Å². The van der Waals surface area contributed by atoms with Gasteiger partial charge in [-0.1, -0.05) is 0 Å². The zero-order valence-corrected chi connectivity index (χ0v) is 8.28. The summed E-state index contributed by atoms with van der Waals surface area (Å²) in [5.74, 6) is -0.00856. The van der Waals surface area contributed by atoms with Gasteiger partial charge >= 0.3 is 0 Å². The van der Waals surface area contributed by atoms with E-state index in [4.69, 9.17) is 5.73 Å². The molecule has 5 nitrogen and oxygen atoms in total. The van der Waals surface area contributed by atoms with Gasteiger partial charge in [0, 0.05) is 11.0 Å². The summed E-state index contributed by atoms with van der Waals surface area (Å²) in [6.07, 6.45) is 1.96. The first kappa shape index (κ1) is 9.01. The molecule has 0 aliphatic rings. The van der Waals surface area contributed by atoms with Gasteiger partial charge in [-0.2, -0.15) is 0 Å². The Bertz CT molecular complexity index is 488. The second-order valence-corrected chi connectivity index (χ2v) is 3.58. The van der Waals surface area contributed by atoms with Crippen molar-refractivity contribution < 1.29 is 4.85 Å². The predicted octanol–water partition coefficient (Wildman–Crippen LogP) is 0.567. The third-order valence-electron chi connectivity index (χ3n) is 1.82. The van der Waals surface area contributed by atoms with E-state index < -0.39 is 0 Å². The van der Waals surface area contributed by atoms with Crippen molar-refractivity contribution in [3.8, 4) is 0 Å². The molecule has 0 radical (unpaired) electrons. The molecule has 0 aliphatic carbocycles. The van der Waals surface area contributed by atoms with Gasteiger partial charge in [-0.05, 0) is 23.2 Å².